The topological polar surface area (TPSA) is 59.4 Å². The minimum absolute atomic E-state index is 0.00169. The van der Waals surface area contributed by atoms with Crippen LogP contribution in [0.3, 0.4) is 0 Å². The zero-order valence-electron chi connectivity index (χ0n) is 16.7. The lowest BCUT2D eigenvalue weighted by molar-refractivity contribution is -0.131. The van der Waals surface area contributed by atoms with Gasteiger partial charge in [0.2, 0.25) is 5.91 Å². The quantitative estimate of drug-likeness (QED) is 0.641. The van der Waals surface area contributed by atoms with Crippen molar-refractivity contribution in [3.8, 4) is 16.9 Å². The number of carbonyl (C=O) groups is 1. The summed E-state index contributed by atoms with van der Waals surface area (Å²) in [5.74, 6) is 0.993. The van der Waals surface area contributed by atoms with Crippen LogP contribution in [0.4, 0.5) is 0 Å². The second-order valence-corrected chi connectivity index (χ2v) is 8.06. The molecule has 2 aliphatic rings. The lowest BCUT2D eigenvalue weighted by Gasteiger charge is -2.21. The van der Waals surface area contributed by atoms with Crippen molar-refractivity contribution in [1.29, 1.82) is 0 Å². The molecule has 1 aromatic heterocycles. The van der Waals surface area contributed by atoms with Gasteiger partial charge in [0.05, 0.1) is 11.6 Å². The monoisotopic (exact) mass is 390 g/mol. The molecule has 3 heterocycles. The molecule has 6 bridgehead atoms. The standard InChI is InChI=1S/C23H26N4O2/c1-26-10-2-3-11-27-15-20-19(8-5-9-21(20)25-27)16-6-4-7-17(12-16)29-18-13-22(23(26)28)24-14-18/h4-9,12,15,18,22,24H,2-3,10-11,13-14H2,1H3/t18-,22-/m0/s1. The van der Waals surface area contributed by atoms with E-state index in [4.69, 9.17) is 9.84 Å². The molecule has 2 atom stereocenters. The van der Waals surface area contributed by atoms with Gasteiger partial charge in [-0.2, -0.15) is 5.10 Å². The highest BCUT2D eigenvalue weighted by Gasteiger charge is 2.32. The first-order valence-electron chi connectivity index (χ1n) is 10.4. The van der Waals surface area contributed by atoms with Crippen LogP contribution in [-0.4, -0.2) is 52.9 Å². The number of hydrogen-bond donors (Lipinski definition) is 1. The molecule has 6 nitrogen and oxygen atoms in total. The van der Waals surface area contributed by atoms with Gasteiger partial charge in [-0.05, 0) is 42.2 Å². The minimum atomic E-state index is -0.161. The van der Waals surface area contributed by atoms with Crippen LogP contribution in [0.15, 0.2) is 48.7 Å². The number of aryl methyl sites for hydroxylation is 1. The van der Waals surface area contributed by atoms with E-state index in [1.165, 1.54) is 5.56 Å². The number of hydrogen-bond acceptors (Lipinski definition) is 4. The molecule has 0 aliphatic carbocycles. The van der Waals surface area contributed by atoms with Crippen LogP contribution in [-0.2, 0) is 11.3 Å². The SMILES string of the molecule is CN1CCCCn2cc3c(cccc3n2)-c2cccc(c2)O[C@@H]2CN[C@@H](C2)C1=O. The van der Waals surface area contributed by atoms with Crippen LogP contribution < -0.4 is 10.1 Å². The predicted molar refractivity (Wildman–Crippen MR) is 113 cm³/mol. The third-order valence-electron chi connectivity index (χ3n) is 5.94. The van der Waals surface area contributed by atoms with Crippen LogP contribution in [0, 0.1) is 0 Å². The highest BCUT2D eigenvalue weighted by atomic mass is 16.5. The number of fused-ring (bicyclic) bond motifs is 6. The average Bonchev–Trinajstić information content (AvgIpc) is 3.36. The molecule has 29 heavy (non-hydrogen) atoms. The third-order valence-corrected chi connectivity index (χ3v) is 5.94. The Morgan fingerprint density at radius 2 is 2.00 bits per heavy atom. The molecule has 0 radical (unpaired) electrons. The smallest absolute Gasteiger partial charge is 0.239 e. The maximum atomic E-state index is 12.7. The van der Waals surface area contributed by atoms with Crippen LogP contribution >= 0.6 is 0 Å². The van der Waals surface area contributed by atoms with Gasteiger partial charge in [-0.15, -0.1) is 0 Å². The summed E-state index contributed by atoms with van der Waals surface area (Å²) < 4.78 is 8.26. The molecule has 1 N–H and O–H groups in total. The third kappa shape index (κ3) is 3.60. The maximum absolute atomic E-state index is 12.7. The fourth-order valence-corrected chi connectivity index (χ4v) is 4.37. The Kier molecular flexibility index (Phi) is 4.72. The van der Waals surface area contributed by atoms with Crippen molar-refractivity contribution >= 4 is 16.8 Å². The molecular weight excluding hydrogens is 364 g/mol. The maximum Gasteiger partial charge on any atom is 0.239 e. The molecule has 0 unspecified atom stereocenters. The molecule has 150 valence electrons. The molecule has 1 saturated heterocycles. The van der Waals surface area contributed by atoms with E-state index < -0.39 is 0 Å². The average molecular weight is 390 g/mol. The molecule has 2 aliphatic heterocycles. The van der Waals surface area contributed by atoms with Crippen molar-refractivity contribution in [2.45, 2.75) is 38.0 Å². The Morgan fingerprint density at radius 1 is 1.14 bits per heavy atom. The van der Waals surface area contributed by atoms with Gasteiger partial charge in [-0.1, -0.05) is 24.3 Å². The number of nitrogens with one attached hydrogen (secondary N) is 1. The van der Waals surface area contributed by atoms with Crippen molar-refractivity contribution < 1.29 is 9.53 Å². The van der Waals surface area contributed by atoms with Gasteiger partial charge in [-0.3, -0.25) is 9.48 Å². The number of nitrogens with zero attached hydrogens (tertiary/aromatic N) is 3. The number of aromatic nitrogens is 2. The van der Waals surface area contributed by atoms with Gasteiger partial charge in [0, 0.05) is 44.7 Å². The highest BCUT2D eigenvalue weighted by molar-refractivity contribution is 5.94. The molecule has 1 fully saturated rings. The van der Waals surface area contributed by atoms with Gasteiger partial charge < -0.3 is 15.0 Å². The molecule has 2 aromatic carbocycles. The van der Waals surface area contributed by atoms with E-state index in [2.05, 4.69) is 41.8 Å². The molecule has 3 aromatic rings. The van der Waals surface area contributed by atoms with Crippen molar-refractivity contribution in [3.63, 3.8) is 0 Å². The molecular formula is C23H26N4O2. The zero-order chi connectivity index (χ0) is 19.8. The summed E-state index contributed by atoms with van der Waals surface area (Å²) in [6, 6.07) is 14.3. The number of benzene rings is 2. The molecule has 1 amide bonds. The van der Waals surface area contributed by atoms with Gasteiger partial charge in [0.1, 0.15) is 11.9 Å². The van der Waals surface area contributed by atoms with Crippen molar-refractivity contribution in [3.05, 3.63) is 48.7 Å². The van der Waals surface area contributed by atoms with Crippen molar-refractivity contribution in [1.82, 2.24) is 20.0 Å². The molecule has 5 rings (SSSR count). The highest BCUT2D eigenvalue weighted by Crippen LogP contribution is 2.31. The Morgan fingerprint density at radius 3 is 2.93 bits per heavy atom. The first-order chi connectivity index (χ1) is 14.2. The molecule has 6 heteroatoms. The fraction of sp³-hybridized carbons (Fsp3) is 0.391. The number of amides is 1. The normalized spacial score (nSPS) is 22.7. The summed E-state index contributed by atoms with van der Waals surface area (Å²) in [6.07, 6.45) is 4.78. The second-order valence-electron chi connectivity index (χ2n) is 8.06. The predicted octanol–water partition coefficient (Wildman–Crippen LogP) is 3.06. The van der Waals surface area contributed by atoms with E-state index in [0.29, 0.717) is 13.0 Å². The Bertz CT molecular complexity index is 1040. The van der Waals surface area contributed by atoms with E-state index in [-0.39, 0.29) is 18.1 Å². The number of ether oxygens (including phenoxy) is 1. The van der Waals surface area contributed by atoms with E-state index >= 15 is 0 Å². The van der Waals surface area contributed by atoms with Crippen LogP contribution in [0.5, 0.6) is 5.75 Å². The fourth-order valence-electron chi connectivity index (χ4n) is 4.37. The number of carbonyl (C=O) groups excluding carboxylic acids is 1. The van der Waals surface area contributed by atoms with Crippen molar-refractivity contribution in [2.24, 2.45) is 0 Å². The van der Waals surface area contributed by atoms with Gasteiger partial charge in [0.15, 0.2) is 0 Å². The summed E-state index contributed by atoms with van der Waals surface area (Å²) in [4.78, 5) is 14.6. The van der Waals surface area contributed by atoms with Crippen LogP contribution in [0.1, 0.15) is 19.3 Å². The Hall–Kier alpha value is -2.86. The van der Waals surface area contributed by atoms with Crippen LogP contribution in [0.25, 0.3) is 22.0 Å². The van der Waals surface area contributed by atoms with Gasteiger partial charge >= 0.3 is 0 Å². The van der Waals surface area contributed by atoms with E-state index in [0.717, 1.165) is 48.1 Å². The van der Waals surface area contributed by atoms with Crippen LogP contribution in [0.2, 0.25) is 0 Å². The zero-order valence-corrected chi connectivity index (χ0v) is 16.7. The van der Waals surface area contributed by atoms with Gasteiger partial charge in [0.25, 0.3) is 0 Å². The summed E-state index contributed by atoms with van der Waals surface area (Å²) >= 11 is 0. The molecule has 0 saturated carbocycles. The number of rotatable bonds is 0. The van der Waals surface area contributed by atoms with Gasteiger partial charge in [-0.25, -0.2) is 0 Å². The lowest BCUT2D eigenvalue weighted by atomic mass is 10.0. The second kappa shape index (κ2) is 7.52. The van der Waals surface area contributed by atoms with Crippen molar-refractivity contribution in [2.75, 3.05) is 20.1 Å². The van der Waals surface area contributed by atoms with E-state index in [1.54, 1.807) is 0 Å². The summed E-state index contributed by atoms with van der Waals surface area (Å²) in [5, 5.41) is 9.24. The molecule has 0 spiro atoms. The van der Waals surface area contributed by atoms with E-state index in [1.807, 2.05) is 28.8 Å². The first-order valence-corrected chi connectivity index (χ1v) is 10.4. The Balaban J connectivity index is 1.53. The first kappa shape index (κ1) is 18.2. The summed E-state index contributed by atoms with van der Waals surface area (Å²) in [6.45, 7) is 2.30. The summed E-state index contributed by atoms with van der Waals surface area (Å²) in [5.41, 5.74) is 3.29. The summed E-state index contributed by atoms with van der Waals surface area (Å²) in [7, 11) is 1.89. The van der Waals surface area contributed by atoms with E-state index in [9.17, 15) is 4.79 Å². The Labute approximate surface area is 170 Å². The lowest BCUT2D eigenvalue weighted by Crippen LogP contribution is -2.41. The minimum Gasteiger partial charge on any atom is -0.489 e. The number of likely N-dealkylation sites (N-methyl/N-ethyl adjacent to an activating group) is 1. The largest absolute Gasteiger partial charge is 0.489 e.